The molecule has 0 fully saturated rings. The van der Waals surface area contributed by atoms with Crippen molar-refractivity contribution in [3.8, 4) is 22.8 Å². The molecular weight excluding hydrogens is 304 g/mol. The summed E-state index contributed by atoms with van der Waals surface area (Å²) < 4.78 is 27.5. The minimum absolute atomic E-state index is 0.129. The second-order valence-corrected chi connectivity index (χ2v) is 7.26. The molecule has 8 heteroatoms. The standard InChI is InChI=1S/C14H14N4O3S/c1-9-3-5-10(6-4-9)11-7-12(17-16-11)14-15-13(18-21-14)8-22(2,19)20/h3-7H,8H2,1-2H3,(H,16,17). The molecule has 3 rings (SSSR count). The smallest absolute Gasteiger partial charge is 0.275 e. The number of rotatable bonds is 4. The van der Waals surface area contributed by atoms with Gasteiger partial charge in [0.25, 0.3) is 5.89 Å². The van der Waals surface area contributed by atoms with Crippen molar-refractivity contribution in [1.82, 2.24) is 20.3 Å². The van der Waals surface area contributed by atoms with Gasteiger partial charge in [0.1, 0.15) is 11.4 Å². The van der Waals surface area contributed by atoms with Crippen LogP contribution in [0.1, 0.15) is 11.4 Å². The van der Waals surface area contributed by atoms with E-state index in [1.165, 1.54) is 5.56 Å². The van der Waals surface area contributed by atoms with Crippen molar-refractivity contribution < 1.29 is 12.9 Å². The maximum absolute atomic E-state index is 11.2. The van der Waals surface area contributed by atoms with E-state index in [1.54, 1.807) is 6.07 Å². The van der Waals surface area contributed by atoms with Gasteiger partial charge in [0.2, 0.25) is 0 Å². The second kappa shape index (κ2) is 5.38. The van der Waals surface area contributed by atoms with Gasteiger partial charge < -0.3 is 4.52 Å². The highest BCUT2D eigenvalue weighted by molar-refractivity contribution is 7.89. The summed E-state index contributed by atoms with van der Waals surface area (Å²) in [6.07, 6.45) is 1.12. The van der Waals surface area contributed by atoms with E-state index in [-0.39, 0.29) is 17.5 Å². The average molecular weight is 318 g/mol. The van der Waals surface area contributed by atoms with Gasteiger partial charge in [-0.1, -0.05) is 35.0 Å². The Labute approximate surface area is 127 Å². The molecule has 0 saturated carbocycles. The zero-order chi connectivity index (χ0) is 15.7. The Hall–Kier alpha value is -2.48. The van der Waals surface area contributed by atoms with Gasteiger partial charge in [0.05, 0.1) is 5.69 Å². The Morgan fingerprint density at radius 2 is 1.95 bits per heavy atom. The Bertz CT molecular complexity index is 894. The van der Waals surface area contributed by atoms with E-state index in [2.05, 4.69) is 20.3 Å². The number of hydrogen-bond acceptors (Lipinski definition) is 6. The second-order valence-electron chi connectivity index (χ2n) is 5.12. The Kier molecular flexibility index (Phi) is 3.53. The monoisotopic (exact) mass is 318 g/mol. The summed E-state index contributed by atoms with van der Waals surface area (Å²) in [5.74, 6) is 0.0867. The number of benzene rings is 1. The highest BCUT2D eigenvalue weighted by Crippen LogP contribution is 2.23. The lowest BCUT2D eigenvalue weighted by Gasteiger charge is -1.95. The molecule has 3 aromatic rings. The minimum Gasteiger partial charge on any atom is -0.332 e. The fourth-order valence-corrected chi connectivity index (χ4v) is 2.55. The molecule has 1 aromatic carbocycles. The predicted octanol–water partition coefficient (Wildman–Crippen LogP) is 1.98. The van der Waals surface area contributed by atoms with Gasteiger partial charge in [-0.25, -0.2) is 8.42 Å². The summed E-state index contributed by atoms with van der Waals surface area (Å²) >= 11 is 0. The average Bonchev–Trinajstić information content (AvgIpc) is 3.06. The molecule has 0 unspecified atom stereocenters. The SMILES string of the molecule is Cc1ccc(-c2cc(-c3nc(CS(C)(=O)=O)no3)[nH]n2)cc1. The molecule has 0 atom stereocenters. The highest BCUT2D eigenvalue weighted by Gasteiger charge is 2.15. The lowest BCUT2D eigenvalue weighted by molar-refractivity contribution is 0.423. The van der Waals surface area contributed by atoms with Crippen LogP contribution in [-0.2, 0) is 15.6 Å². The molecule has 114 valence electrons. The van der Waals surface area contributed by atoms with Gasteiger partial charge in [-0.05, 0) is 13.0 Å². The summed E-state index contributed by atoms with van der Waals surface area (Å²) in [6.45, 7) is 2.02. The van der Waals surface area contributed by atoms with Crippen molar-refractivity contribution >= 4 is 9.84 Å². The van der Waals surface area contributed by atoms with Gasteiger partial charge in [0.15, 0.2) is 15.7 Å². The Balaban J connectivity index is 1.86. The van der Waals surface area contributed by atoms with Crippen LogP contribution in [0.3, 0.4) is 0 Å². The molecule has 0 aliphatic rings. The van der Waals surface area contributed by atoms with E-state index in [0.717, 1.165) is 17.5 Å². The van der Waals surface area contributed by atoms with E-state index in [9.17, 15) is 8.42 Å². The fourth-order valence-electron chi connectivity index (χ4n) is 1.96. The van der Waals surface area contributed by atoms with Crippen LogP contribution < -0.4 is 0 Å². The number of sulfone groups is 1. The summed E-state index contributed by atoms with van der Waals surface area (Å²) in [5.41, 5.74) is 3.42. The predicted molar refractivity (Wildman–Crippen MR) is 80.6 cm³/mol. The van der Waals surface area contributed by atoms with E-state index in [4.69, 9.17) is 4.52 Å². The van der Waals surface area contributed by atoms with Gasteiger partial charge in [-0.15, -0.1) is 0 Å². The lowest BCUT2D eigenvalue weighted by atomic mass is 10.1. The molecule has 0 amide bonds. The summed E-state index contributed by atoms with van der Waals surface area (Å²) in [5, 5.41) is 10.7. The van der Waals surface area contributed by atoms with Crippen molar-refractivity contribution in [1.29, 1.82) is 0 Å². The van der Waals surface area contributed by atoms with Crippen molar-refractivity contribution in [3.05, 3.63) is 41.7 Å². The number of aromatic amines is 1. The van der Waals surface area contributed by atoms with Gasteiger partial charge in [-0.3, -0.25) is 5.10 Å². The normalized spacial score (nSPS) is 11.7. The van der Waals surface area contributed by atoms with E-state index in [1.807, 2.05) is 31.2 Å². The maximum Gasteiger partial charge on any atom is 0.275 e. The van der Waals surface area contributed by atoms with Gasteiger partial charge >= 0.3 is 0 Å². The molecule has 1 N–H and O–H groups in total. The molecule has 0 spiro atoms. The molecule has 0 aliphatic carbocycles. The third-order valence-electron chi connectivity index (χ3n) is 3.01. The molecule has 0 aliphatic heterocycles. The minimum atomic E-state index is -3.20. The lowest BCUT2D eigenvalue weighted by Crippen LogP contribution is -2.02. The van der Waals surface area contributed by atoms with Gasteiger partial charge in [0, 0.05) is 11.8 Å². The summed E-state index contributed by atoms with van der Waals surface area (Å²) in [4.78, 5) is 4.06. The molecule has 7 nitrogen and oxygen atoms in total. The van der Waals surface area contributed by atoms with Crippen LogP contribution in [0.4, 0.5) is 0 Å². The molecular formula is C14H14N4O3S. The molecule has 2 aromatic heterocycles. The quantitative estimate of drug-likeness (QED) is 0.789. The molecule has 22 heavy (non-hydrogen) atoms. The number of hydrogen-bond donors (Lipinski definition) is 1. The molecule has 0 bridgehead atoms. The maximum atomic E-state index is 11.2. The van der Waals surface area contributed by atoms with Crippen molar-refractivity contribution in [2.75, 3.05) is 6.26 Å². The molecule has 0 saturated heterocycles. The third kappa shape index (κ3) is 3.22. The first-order chi connectivity index (χ1) is 10.4. The zero-order valence-electron chi connectivity index (χ0n) is 12.1. The van der Waals surface area contributed by atoms with Crippen LogP contribution in [0.25, 0.3) is 22.8 Å². The fraction of sp³-hybridized carbons (Fsp3) is 0.214. The topological polar surface area (TPSA) is 102 Å². The van der Waals surface area contributed by atoms with E-state index < -0.39 is 9.84 Å². The van der Waals surface area contributed by atoms with Gasteiger partial charge in [-0.2, -0.15) is 10.1 Å². The Morgan fingerprint density at radius 1 is 1.23 bits per heavy atom. The first-order valence-electron chi connectivity index (χ1n) is 6.54. The van der Waals surface area contributed by atoms with Crippen LogP contribution >= 0.6 is 0 Å². The number of nitrogens with one attached hydrogen (secondary N) is 1. The number of aryl methyl sites for hydroxylation is 1. The van der Waals surface area contributed by atoms with Crippen LogP contribution in [-0.4, -0.2) is 35.0 Å². The number of H-pyrrole nitrogens is 1. The van der Waals surface area contributed by atoms with Crippen LogP contribution in [0.5, 0.6) is 0 Å². The highest BCUT2D eigenvalue weighted by atomic mass is 32.2. The first-order valence-corrected chi connectivity index (χ1v) is 8.60. The Morgan fingerprint density at radius 3 is 2.64 bits per heavy atom. The van der Waals surface area contributed by atoms with Crippen molar-refractivity contribution in [2.24, 2.45) is 0 Å². The van der Waals surface area contributed by atoms with Crippen molar-refractivity contribution in [2.45, 2.75) is 12.7 Å². The number of aromatic nitrogens is 4. The number of nitrogens with zero attached hydrogens (tertiary/aromatic N) is 3. The molecule has 2 heterocycles. The molecule has 0 radical (unpaired) electrons. The van der Waals surface area contributed by atoms with E-state index >= 15 is 0 Å². The summed E-state index contributed by atoms with van der Waals surface area (Å²) in [6, 6.07) is 9.72. The van der Waals surface area contributed by atoms with E-state index in [0.29, 0.717) is 5.69 Å². The third-order valence-corrected chi connectivity index (χ3v) is 3.80. The van der Waals surface area contributed by atoms with Crippen molar-refractivity contribution in [3.63, 3.8) is 0 Å². The summed E-state index contributed by atoms with van der Waals surface area (Å²) in [7, 11) is -3.20. The van der Waals surface area contributed by atoms with Crippen LogP contribution in [0.2, 0.25) is 0 Å². The zero-order valence-corrected chi connectivity index (χ0v) is 12.9. The largest absolute Gasteiger partial charge is 0.332 e. The first kappa shape index (κ1) is 14.5. The van der Waals surface area contributed by atoms with Crippen LogP contribution in [0.15, 0.2) is 34.9 Å². The van der Waals surface area contributed by atoms with Crippen LogP contribution in [0, 0.1) is 6.92 Å².